The summed E-state index contributed by atoms with van der Waals surface area (Å²) in [5.41, 5.74) is 3.38. The number of hydrogen-bond donors (Lipinski definition) is 1. The van der Waals surface area contributed by atoms with Crippen LogP contribution in [-0.4, -0.2) is 11.1 Å². The molecule has 3 nitrogen and oxygen atoms in total. The summed E-state index contributed by atoms with van der Waals surface area (Å²) in [5.74, 6) is -0.758. The van der Waals surface area contributed by atoms with Gasteiger partial charge in [0.25, 0.3) is 0 Å². The monoisotopic (exact) mass is 393 g/mol. The second-order valence-corrected chi connectivity index (χ2v) is 4.97. The van der Waals surface area contributed by atoms with Crippen molar-refractivity contribution in [2.75, 3.05) is 0 Å². The third-order valence-electron chi connectivity index (χ3n) is 3.77. The number of carboxylic acids is 1. The molecule has 21 heavy (non-hydrogen) atoms. The van der Waals surface area contributed by atoms with Crippen LogP contribution in [0, 0.1) is 0 Å². The van der Waals surface area contributed by atoms with Crippen molar-refractivity contribution in [2.45, 2.75) is 12.8 Å². The van der Waals surface area contributed by atoms with E-state index >= 15 is 0 Å². The molecule has 0 aliphatic rings. The lowest BCUT2D eigenvalue weighted by atomic mass is 9.98. The first-order valence-electron chi connectivity index (χ1n) is 6.68. The Kier molecular flexibility index (Phi) is 4.77. The third kappa shape index (κ3) is 2.85. The molecule has 0 spiro atoms. The number of carboxylic acid groups (broad SMARTS) is 1. The van der Waals surface area contributed by atoms with Crippen LogP contribution in [0.3, 0.4) is 0 Å². The molecule has 0 radical (unpaired) electrons. The highest BCUT2D eigenvalue weighted by Crippen LogP contribution is 2.25. The molecule has 0 saturated heterocycles. The van der Waals surface area contributed by atoms with Gasteiger partial charge in [-0.25, -0.2) is 0 Å². The summed E-state index contributed by atoms with van der Waals surface area (Å²) in [7, 11) is 2.05. The largest absolute Gasteiger partial charge is 1.00 e. The van der Waals surface area contributed by atoms with Gasteiger partial charge in [0, 0.05) is 18.6 Å². The highest BCUT2D eigenvalue weighted by molar-refractivity contribution is 5.94. The van der Waals surface area contributed by atoms with Crippen molar-refractivity contribution in [1.82, 2.24) is 0 Å². The number of carbonyl (C=O) groups is 1. The number of nitrogens with zero attached hydrogens (tertiary/aromatic N) is 1. The topological polar surface area (TPSA) is 41.2 Å². The molecule has 3 rings (SSSR count). The van der Waals surface area contributed by atoms with Gasteiger partial charge in [-0.2, -0.15) is 4.57 Å². The Morgan fingerprint density at radius 3 is 1.95 bits per heavy atom. The van der Waals surface area contributed by atoms with Crippen LogP contribution in [0.2, 0.25) is 0 Å². The van der Waals surface area contributed by atoms with E-state index in [0.29, 0.717) is 6.42 Å². The zero-order valence-corrected chi connectivity index (χ0v) is 13.9. The van der Waals surface area contributed by atoms with E-state index in [1.54, 1.807) is 0 Å². The van der Waals surface area contributed by atoms with E-state index in [1.165, 1.54) is 0 Å². The van der Waals surface area contributed by atoms with Crippen LogP contribution in [0.15, 0.2) is 48.5 Å². The van der Waals surface area contributed by atoms with Gasteiger partial charge in [-0.05, 0) is 24.1 Å². The normalized spacial score (nSPS) is 10.5. The minimum atomic E-state index is -0.758. The molecule has 1 aromatic heterocycles. The van der Waals surface area contributed by atoms with Crippen molar-refractivity contribution in [3.05, 3.63) is 54.1 Å². The van der Waals surface area contributed by atoms with E-state index in [0.717, 1.165) is 27.4 Å². The van der Waals surface area contributed by atoms with Crippen LogP contribution in [0.1, 0.15) is 12.0 Å². The Balaban J connectivity index is 0.00000161. The van der Waals surface area contributed by atoms with Crippen LogP contribution >= 0.6 is 0 Å². The van der Waals surface area contributed by atoms with E-state index in [1.807, 2.05) is 31.3 Å². The third-order valence-corrected chi connectivity index (χ3v) is 3.77. The van der Waals surface area contributed by atoms with E-state index < -0.39 is 5.97 Å². The highest BCUT2D eigenvalue weighted by Gasteiger charge is 2.17. The number of rotatable bonds is 3. The van der Waals surface area contributed by atoms with Crippen molar-refractivity contribution < 1.29 is 38.4 Å². The first-order valence-corrected chi connectivity index (χ1v) is 6.68. The summed E-state index contributed by atoms with van der Waals surface area (Å²) < 4.78 is 2.16. The summed E-state index contributed by atoms with van der Waals surface area (Å²) in [6.07, 6.45) is 0.707. The lowest BCUT2D eigenvalue weighted by Gasteiger charge is -2.09. The van der Waals surface area contributed by atoms with Gasteiger partial charge < -0.3 is 29.1 Å². The number of benzene rings is 2. The Morgan fingerprint density at radius 1 is 1.00 bits per heavy atom. The van der Waals surface area contributed by atoms with Gasteiger partial charge >= 0.3 is 5.97 Å². The molecule has 0 unspecified atom stereocenters. The molecule has 0 atom stereocenters. The molecule has 1 heterocycles. The van der Waals surface area contributed by atoms with Crippen LogP contribution < -0.4 is 28.5 Å². The van der Waals surface area contributed by atoms with Gasteiger partial charge in [0.15, 0.2) is 0 Å². The number of para-hydroxylation sites is 2. The smallest absolute Gasteiger partial charge is 0.303 e. The summed E-state index contributed by atoms with van der Waals surface area (Å²) >= 11 is 0. The maximum atomic E-state index is 10.9. The lowest BCUT2D eigenvalue weighted by molar-refractivity contribution is -0.617. The molecule has 4 heteroatoms. The maximum Gasteiger partial charge on any atom is 0.303 e. The van der Waals surface area contributed by atoms with E-state index in [4.69, 9.17) is 5.11 Å². The van der Waals surface area contributed by atoms with Gasteiger partial charge in [0.05, 0.1) is 10.8 Å². The summed E-state index contributed by atoms with van der Waals surface area (Å²) in [6, 6.07) is 16.3. The molecule has 2 aromatic carbocycles. The van der Waals surface area contributed by atoms with Crippen LogP contribution in [0.5, 0.6) is 0 Å². The van der Waals surface area contributed by atoms with Gasteiger partial charge in [-0.15, -0.1) is 0 Å². The maximum absolute atomic E-state index is 10.9. The number of aliphatic carboxylic acids is 1. The van der Waals surface area contributed by atoms with Crippen molar-refractivity contribution in [1.29, 1.82) is 0 Å². The zero-order chi connectivity index (χ0) is 14.1. The minimum absolute atomic E-state index is 0. The van der Waals surface area contributed by atoms with E-state index in [2.05, 4.69) is 28.8 Å². The molecular formula is C17H16INO2. The second kappa shape index (κ2) is 6.39. The number of hydrogen-bond acceptors (Lipinski definition) is 1. The number of aromatic nitrogens is 1. The minimum Gasteiger partial charge on any atom is -1.00 e. The first kappa shape index (κ1) is 15.7. The van der Waals surface area contributed by atoms with E-state index in [-0.39, 0.29) is 30.4 Å². The average Bonchev–Trinajstić information content (AvgIpc) is 2.47. The van der Waals surface area contributed by atoms with Gasteiger partial charge in [0.2, 0.25) is 11.0 Å². The van der Waals surface area contributed by atoms with Gasteiger partial charge in [-0.3, -0.25) is 4.79 Å². The standard InChI is InChI=1S/C17H15NO2.HI/c1-18-15-8-4-2-6-13(15)12(10-11-17(19)20)14-7-3-5-9-16(14)18;/h2-9H,10-11H2,1H3;1H. The van der Waals surface area contributed by atoms with Gasteiger partial charge in [0.1, 0.15) is 7.05 Å². The number of halogens is 1. The molecule has 0 saturated carbocycles. The van der Waals surface area contributed by atoms with Crippen molar-refractivity contribution in [3.63, 3.8) is 0 Å². The predicted octanol–water partition coefficient (Wildman–Crippen LogP) is -0.161. The van der Waals surface area contributed by atoms with E-state index in [9.17, 15) is 4.79 Å². The molecule has 0 bridgehead atoms. The summed E-state index contributed by atoms with van der Waals surface area (Å²) in [6.45, 7) is 0. The second-order valence-electron chi connectivity index (χ2n) is 4.97. The van der Waals surface area contributed by atoms with Crippen LogP contribution in [0.25, 0.3) is 21.8 Å². The summed E-state index contributed by atoms with van der Waals surface area (Å²) in [5, 5.41) is 11.2. The molecule has 3 aromatic rings. The Hall–Kier alpha value is -1.69. The average molecular weight is 393 g/mol. The first-order chi connectivity index (χ1) is 9.68. The number of pyridine rings is 1. The Morgan fingerprint density at radius 2 is 1.48 bits per heavy atom. The van der Waals surface area contributed by atoms with Crippen LogP contribution in [-0.2, 0) is 18.3 Å². The lowest BCUT2D eigenvalue weighted by Crippen LogP contribution is -3.00. The van der Waals surface area contributed by atoms with Crippen molar-refractivity contribution in [2.24, 2.45) is 7.05 Å². The Bertz CT molecular complexity index is 757. The molecule has 0 amide bonds. The number of aryl methyl sites for hydroxylation is 2. The highest BCUT2D eigenvalue weighted by atomic mass is 127. The quantitative estimate of drug-likeness (QED) is 0.382. The predicted molar refractivity (Wildman–Crippen MR) is 78.6 cm³/mol. The number of fused-ring (bicyclic) bond motifs is 2. The molecule has 0 aliphatic heterocycles. The SMILES string of the molecule is C[n+]1c2ccccc2c(CCC(=O)O)c2ccccc21.[I-]. The zero-order valence-electron chi connectivity index (χ0n) is 11.7. The Labute approximate surface area is 140 Å². The molecule has 1 N–H and O–H groups in total. The molecular weight excluding hydrogens is 377 g/mol. The molecule has 0 fully saturated rings. The summed E-state index contributed by atoms with van der Waals surface area (Å²) in [4.78, 5) is 10.9. The molecule has 0 aliphatic carbocycles. The fourth-order valence-corrected chi connectivity index (χ4v) is 2.82. The fourth-order valence-electron chi connectivity index (χ4n) is 2.82. The fraction of sp³-hybridized carbons (Fsp3) is 0.176. The van der Waals surface area contributed by atoms with Gasteiger partial charge in [-0.1, -0.05) is 24.3 Å². The van der Waals surface area contributed by atoms with Crippen molar-refractivity contribution in [3.8, 4) is 0 Å². The van der Waals surface area contributed by atoms with Crippen molar-refractivity contribution >= 4 is 27.8 Å². The molecule has 108 valence electrons. The van der Waals surface area contributed by atoms with Crippen LogP contribution in [0.4, 0.5) is 0 Å².